The molecule has 1 aromatic carbocycles. The average molecular weight is 299 g/mol. The number of carbonyl (C=O) groups is 1. The molecule has 1 aromatic heterocycles. The Morgan fingerprint density at radius 1 is 1.45 bits per heavy atom. The molecule has 0 spiro atoms. The topological polar surface area (TPSA) is 59.4 Å². The van der Waals surface area contributed by atoms with Crippen LogP contribution in [0.1, 0.15) is 27.2 Å². The van der Waals surface area contributed by atoms with Crippen molar-refractivity contribution in [2.75, 3.05) is 6.61 Å². The predicted molar refractivity (Wildman–Crippen MR) is 80.7 cm³/mol. The Morgan fingerprint density at radius 2 is 2.27 bits per heavy atom. The summed E-state index contributed by atoms with van der Waals surface area (Å²) in [6, 6.07) is 6.67. The third-order valence-electron chi connectivity index (χ3n) is 3.81. The molecule has 4 nitrogen and oxygen atoms in total. The summed E-state index contributed by atoms with van der Waals surface area (Å²) in [6.07, 6.45) is 2.20. The fraction of sp³-hybridized carbons (Fsp3) is 0.250. The lowest BCUT2D eigenvalue weighted by Crippen LogP contribution is -2.41. The number of Topliss-reactive ketones (excluding diaryl/α,β-unsaturated/α-hetero) is 1. The summed E-state index contributed by atoms with van der Waals surface area (Å²) in [5.74, 6) is -0.697. The molecule has 2 heterocycles. The minimum atomic E-state index is -0.950. The smallest absolute Gasteiger partial charge is 0.423 e. The van der Waals surface area contributed by atoms with E-state index in [0.717, 1.165) is 23.6 Å². The van der Waals surface area contributed by atoms with Crippen molar-refractivity contribution < 1.29 is 18.9 Å². The highest BCUT2D eigenvalue weighted by atomic mass is 19.1. The van der Waals surface area contributed by atoms with Crippen LogP contribution in [0.4, 0.5) is 4.39 Å². The lowest BCUT2D eigenvalue weighted by Gasteiger charge is -2.19. The molecule has 22 heavy (non-hydrogen) atoms. The zero-order valence-corrected chi connectivity index (χ0v) is 12.2. The summed E-state index contributed by atoms with van der Waals surface area (Å²) < 4.78 is 18.7. The highest BCUT2D eigenvalue weighted by Gasteiger charge is 2.25. The standard InChI is InChI=1S/C16H15BFNO3/c1-10-9-19-15(8-14(10)18)16(20)7-11-2-3-12-4-5-22-17(21)13(12)6-11/h2-3,6,8-9,21H,4-5,7H2,1H3. The van der Waals surface area contributed by atoms with Gasteiger partial charge in [0.1, 0.15) is 11.5 Å². The predicted octanol–water partition coefficient (Wildman–Crippen LogP) is 1.21. The molecule has 1 aliphatic rings. The van der Waals surface area contributed by atoms with Crippen LogP contribution in [0.15, 0.2) is 30.5 Å². The molecule has 0 unspecified atom stereocenters. The van der Waals surface area contributed by atoms with Crippen LogP contribution in [0.2, 0.25) is 0 Å². The van der Waals surface area contributed by atoms with Crippen LogP contribution in [0.25, 0.3) is 0 Å². The van der Waals surface area contributed by atoms with Crippen LogP contribution in [-0.2, 0) is 17.5 Å². The number of ketones is 1. The number of aromatic nitrogens is 1. The molecular weight excluding hydrogens is 284 g/mol. The minimum absolute atomic E-state index is 0.107. The molecule has 1 N–H and O–H groups in total. The SMILES string of the molecule is Cc1cnc(C(=O)Cc2ccc3c(c2)B(O)OCC3)cc1F. The Bertz CT molecular complexity index is 735. The fourth-order valence-corrected chi connectivity index (χ4v) is 2.51. The van der Waals surface area contributed by atoms with Gasteiger partial charge in [-0.25, -0.2) is 4.39 Å². The van der Waals surface area contributed by atoms with Crippen molar-refractivity contribution in [2.24, 2.45) is 0 Å². The van der Waals surface area contributed by atoms with Crippen LogP contribution in [-0.4, -0.2) is 29.5 Å². The van der Waals surface area contributed by atoms with E-state index >= 15 is 0 Å². The average Bonchev–Trinajstić information content (AvgIpc) is 2.51. The first kappa shape index (κ1) is 14.9. The Balaban J connectivity index is 1.82. The van der Waals surface area contributed by atoms with Crippen molar-refractivity contribution in [2.45, 2.75) is 19.8 Å². The number of pyridine rings is 1. The van der Waals surface area contributed by atoms with E-state index in [2.05, 4.69) is 4.98 Å². The van der Waals surface area contributed by atoms with E-state index < -0.39 is 12.9 Å². The molecule has 0 bridgehead atoms. The van der Waals surface area contributed by atoms with E-state index in [4.69, 9.17) is 4.65 Å². The highest BCUT2D eigenvalue weighted by Crippen LogP contribution is 2.13. The van der Waals surface area contributed by atoms with Gasteiger partial charge in [-0.3, -0.25) is 9.78 Å². The largest absolute Gasteiger partial charge is 0.491 e. The van der Waals surface area contributed by atoms with Gasteiger partial charge in [0.25, 0.3) is 0 Å². The zero-order chi connectivity index (χ0) is 15.7. The van der Waals surface area contributed by atoms with Crippen LogP contribution >= 0.6 is 0 Å². The Morgan fingerprint density at radius 3 is 3.05 bits per heavy atom. The molecule has 0 atom stereocenters. The molecule has 0 amide bonds. The monoisotopic (exact) mass is 299 g/mol. The second-order valence-electron chi connectivity index (χ2n) is 5.42. The molecule has 0 fully saturated rings. The highest BCUT2D eigenvalue weighted by molar-refractivity contribution is 6.60. The Kier molecular flexibility index (Phi) is 4.05. The van der Waals surface area contributed by atoms with Crippen molar-refractivity contribution in [1.29, 1.82) is 0 Å². The zero-order valence-electron chi connectivity index (χ0n) is 12.2. The normalized spacial score (nSPS) is 13.9. The van der Waals surface area contributed by atoms with E-state index in [9.17, 15) is 14.2 Å². The maximum Gasteiger partial charge on any atom is 0.491 e. The quantitative estimate of drug-likeness (QED) is 0.684. The summed E-state index contributed by atoms with van der Waals surface area (Å²) in [5, 5.41) is 9.83. The van der Waals surface area contributed by atoms with E-state index in [1.807, 2.05) is 12.1 Å². The number of fused-ring (bicyclic) bond motifs is 1. The van der Waals surface area contributed by atoms with Crippen molar-refractivity contribution >= 4 is 18.4 Å². The Labute approximate surface area is 128 Å². The van der Waals surface area contributed by atoms with Gasteiger partial charge < -0.3 is 9.68 Å². The number of aryl methyl sites for hydroxylation is 1. The second kappa shape index (κ2) is 5.98. The third kappa shape index (κ3) is 2.93. The molecule has 0 saturated heterocycles. The second-order valence-corrected chi connectivity index (χ2v) is 5.42. The van der Waals surface area contributed by atoms with Gasteiger partial charge in [-0.05, 0) is 29.9 Å². The molecule has 1 aliphatic heterocycles. The summed E-state index contributed by atoms with van der Waals surface area (Å²) in [6.45, 7) is 2.08. The van der Waals surface area contributed by atoms with Gasteiger partial charge in [-0.2, -0.15) is 0 Å². The van der Waals surface area contributed by atoms with Crippen LogP contribution < -0.4 is 5.46 Å². The van der Waals surface area contributed by atoms with Gasteiger partial charge in [0, 0.05) is 30.9 Å². The first-order valence-electron chi connectivity index (χ1n) is 7.11. The number of rotatable bonds is 3. The lowest BCUT2D eigenvalue weighted by molar-refractivity contribution is 0.0987. The van der Waals surface area contributed by atoms with E-state index in [1.54, 1.807) is 13.0 Å². The molecule has 3 rings (SSSR count). The number of benzene rings is 1. The van der Waals surface area contributed by atoms with Crippen molar-refractivity contribution in [3.63, 3.8) is 0 Å². The molecule has 0 saturated carbocycles. The molecule has 0 aliphatic carbocycles. The summed E-state index contributed by atoms with van der Waals surface area (Å²) >= 11 is 0. The number of carbonyl (C=O) groups excluding carboxylic acids is 1. The summed E-state index contributed by atoms with van der Waals surface area (Å²) in [4.78, 5) is 16.2. The summed E-state index contributed by atoms with van der Waals surface area (Å²) in [7, 11) is -0.950. The van der Waals surface area contributed by atoms with E-state index in [1.165, 1.54) is 6.20 Å². The van der Waals surface area contributed by atoms with E-state index in [-0.39, 0.29) is 17.9 Å². The van der Waals surface area contributed by atoms with E-state index in [0.29, 0.717) is 17.6 Å². The maximum absolute atomic E-state index is 13.5. The first-order valence-corrected chi connectivity index (χ1v) is 7.11. The number of halogens is 1. The van der Waals surface area contributed by atoms with Gasteiger partial charge in [-0.15, -0.1) is 0 Å². The van der Waals surface area contributed by atoms with Gasteiger partial charge in [0.2, 0.25) is 0 Å². The van der Waals surface area contributed by atoms with Gasteiger partial charge in [-0.1, -0.05) is 18.2 Å². The summed E-state index contributed by atoms with van der Waals surface area (Å²) in [5.41, 5.74) is 2.98. The van der Waals surface area contributed by atoms with Crippen LogP contribution in [0.5, 0.6) is 0 Å². The van der Waals surface area contributed by atoms with Crippen LogP contribution in [0, 0.1) is 12.7 Å². The fourth-order valence-electron chi connectivity index (χ4n) is 2.51. The molecule has 6 heteroatoms. The molecule has 0 radical (unpaired) electrons. The lowest BCUT2D eigenvalue weighted by atomic mass is 9.73. The molecular formula is C16H15BFNO3. The van der Waals surface area contributed by atoms with Gasteiger partial charge >= 0.3 is 7.12 Å². The molecule has 2 aromatic rings. The van der Waals surface area contributed by atoms with Gasteiger partial charge in [0.15, 0.2) is 5.78 Å². The maximum atomic E-state index is 13.5. The van der Waals surface area contributed by atoms with Crippen LogP contribution in [0.3, 0.4) is 0 Å². The van der Waals surface area contributed by atoms with Gasteiger partial charge in [0.05, 0.1) is 0 Å². The molecule has 112 valence electrons. The first-order chi connectivity index (χ1) is 10.5. The number of hydrogen-bond donors (Lipinski definition) is 1. The van der Waals surface area contributed by atoms with Crippen molar-refractivity contribution in [3.05, 3.63) is 58.7 Å². The number of hydrogen-bond acceptors (Lipinski definition) is 4. The third-order valence-corrected chi connectivity index (χ3v) is 3.81. The number of nitrogens with zero attached hydrogens (tertiary/aromatic N) is 1. The van der Waals surface area contributed by atoms with Crippen molar-refractivity contribution in [3.8, 4) is 0 Å². The van der Waals surface area contributed by atoms with Crippen molar-refractivity contribution in [1.82, 2.24) is 4.98 Å². The Hall–Kier alpha value is -2.05. The minimum Gasteiger partial charge on any atom is -0.423 e.